The number of rotatable bonds is 2. The lowest BCUT2D eigenvalue weighted by Gasteiger charge is -2.27. The Morgan fingerprint density at radius 2 is 1.84 bits per heavy atom. The summed E-state index contributed by atoms with van der Waals surface area (Å²) >= 11 is 0. The van der Waals surface area contributed by atoms with E-state index in [0.29, 0.717) is 5.92 Å². The van der Waals surface area contributed by atoms with Crippen molar-refractivity contribution in [3.05, 3.63) is 35.9 Å². The molecule has 0 bridgehead atoms. The Bertz CT molecular complexity index is 576. The number of benzene rings is 1. The van der Waals surface area contributed by atoms with Gasteiger partial charge in [0.05, 0.1) is 11.6 Å². The first-order valence-corrected chi connectivity index (χ1v) is 7.02. The van der Waals surface area contributed by atoms with E-state index in [1.54, 1.807) is 6.07 Å². The van der Waals surface area contributed by atoms with Crippen molar-refractivity contribution < 1.29 is 10.2 Å². The number of para-hydroxylation sites is 1. The third-order valence-electron chi connectivity index (χ3n) is 4.15. The Kier molecular flexibility index (Phi) is 3.38. The molecule has 2 N–H and O–H groups in total. The Hall–Kier alpha value is -1.61. The second-order valence-corrected chi connectivity index (χ2v) is 5.43. The zero-order chi connectivity index (χ0) is 13.2. The first-order chi connectivity index (χ1) is 9.25. The largest absolute Gasteiger partial charge is 0.493 e. The third-order valence-corrected chi connectivity index (χ3v) is 4.15. The normalized spacial score (nSPS) is 18.6. The molecule has 0 amide bonds. The molecule has 1 aromatic heterocycles. The van der Waals surface area contributed by atoms with Crippen molar-refractivity contribution in [2.75, 3.05) is 0 Å². The van der Waals surface area contributed by atoms with Crippen molar-refractivity contribution in [2.24, 2.45) is 5.92 Å². The molecule has 1 unspecified atom stereocenters. The Balaban J connectivity index is 2.03. The number of pyridine rings is 1. The molecule has 1 saturated carbocycles. The number of aromatic nitrogens is 1. The third kappa shape index (κ3) is 2.43. The van der Waals surface area contributed by atoms with Gasteiger partial charge in [0, 0.05) is 11.5 Å². The first-order valence-electron chi connectivity index (χ1n) is 7.02. The summed E-state index contributed by atoms with van der Waals surface area (Å²) in [6.07, 6.45) is 5.29. The summed E-state index contributed by atoms with van der Waals surface area (Å²) in [6.45, 7) is 0. The molecule has 3 heteroatoms. The highest BCUT2D eigenvalue weighted by molar-refractivity contribution is 5.83. The quantitative estimate of drug-likeness (QED) is 0.865. The van der Waals surface area contributed by atoms with Crippen LogP contribution in [0.3, 0.4) is 0 Å². The van der Waals surface area contributed by atoms with Gasteiger partial charge in [-0.15, -0.1) is 0 Å². The van der Waals surface area contributed by atoms with Crippen LogP contribution in [0.4, 0.5) is 0 Å². The highest BCUT2D eigenvalue weighted by atomic mass is 16.3. The van der Waals surface area contributed by atoms with Gasteiger partial charge in [-0.05, 0) is 30.4 Å². The molecule has 100 valence electrons. The van der Waals surface area contributed by atoms with Crippen molar-refractivity contribution in [3.8, 4) is 5.88 Å². The second kappa shape index (κ2) is 5.17. The van der Waals surface area contributed by atoms with Crippen LogP contribution in [-0.4, -0.2) is 15.2 Å². The van der Waals surface area contributed by atoms with E-state index >= 15 is 0 Å². The van der Waals surface area contributed by atoms with Crippen LogP contribution in [0.25, 0.3) is 10.9 Å². The molecular formula is C16H19NO2. The number of nitrogens with zero attached hydrogens (tertiary/aromatic N) is 1. The molecule has 3 rings (SSSR count). The smallest absolute Gasteiger partial charge is 0.211 e. The molecule has 19 heavy (non-hydrogen) atoms. The lowest BCUT2D eigenvalue weighted by Crippen LogP contribution is -2.16. The van der Waals surface area contributed by atoms with Crippen LogP contribution in [0.2, 0.25) is 0 Å². The fourth-order valence-corrected chi connectivity index (χ4v) is 3.14. The standard InChI is InChI=1S/C16H19NO2/c18-15-10-13(12-8-4-5-9-14(12)17-15)16(19)11-6-2-1-3-7-11/h4-5,8-11,16,19H,1-3,6-7H2,(H,17,18). The average molecular weight is 257 g/mol. The van der Waals surface area contributed by atoms with E-state index in [0.717, 1.165) is 29.3 Å². The zero-order valence-electron chi connectivity index (χ0n) is 10.9. The van der Waals surface area contributed by atoms with Gasteiger partial charge in [0.15, 0.2) is 0 Å². The first kappa shape index (κ1) is 12.4. The summed E-state index contributed by atoms with van der Waals surface area (Å²) < 4.78 is 0. The second-order valence-electron chi connectivity index (χ2n) is 5.43. The minimum atomic E-state index is -0.501. The summed E-state index contributed by atoms with van der Waals surface area (Å²) in [6, 6.07) is 9.28. The van der Waals surface area contributed by atoms with Crippen LogP contribution >= 0.6 is 0 Å². The molecule has 1 aliphatic carbocycles. The maximum absolute atomic E-state index is 10.6. The molecule has 0 aliphatic heterocycles. The Morgan fingerprint density at radius 3 is 2.63 bits per heavy atom. The predicted molar refractivity (Wildman–Crippen MR) is 74.9 cm³/mol. The fourth-order valence-electron chi connectivity index (χ4n) is 3.14. The van der Waals surface area contributed by atoms with E-state index in [4.69, 9.17) is 0 Å². The molecule has 1 atom stereocenters. The van der Waals surface area contributed by atoms with Gasteiger partial charge in [-0.1, -0.05) is 37.5 Å². The lowest BCUT2D eigenvalue weighted by atomic mass is 9.82. The number of aliphatic hydroxyl groups is 1. The van der Waals surface area contributed by atoms with Crippen LogP contribution in [0.1, 0.15) is 43.8 Å². The van der Waals surface area contributed by atoms with Gasteiger partial charge in [0.2, 0.25) is 5.88 Å². The Morgan fingerprint density at radius 1 is 1.11 bits per heavy atom. The molecule has 2 aromatic rings. The monoisotopic (exact) mass is 257 g/mol. The molecule has 1 aromatic carbocycles. The topological polar surface area (TPSA) is 53.4 Å². The molecule has 1 aliphatic rings. The lowest BCUT2D eigenvalue weighted by molar-refractivity contribution is 0.0858. The zero-order valence-corrected chi connectivity index (χ0v) is 10.9. The van der Waals surface area contributed by atoms with Crippen molar-refractivity contribution >= 4 is 10.9 Å². The maximum Gasteiger partial charge on any atom is 0.211 e. The maximum atomic E-state index is 10.6. The van der Waals surface area contributed by atoms with Gasteiger partial charge in [-0.3, -0.25) is 0 Å². The fraction of sp³-hybridized carbons (Fsp3) is 0.438. The van der Waals surface area contributed by atoms with Gasteiger partial charge in [-0.2, -0.15) is 0 Å². The minimum absolute atomic E-state index is 0.0106. The predicted octanol–water partition coefficient (Wildman–Crippen LogP) is 3.55. The molecule has 1 heterocycles. The summed E-state index contributed by atoms with van der Waals surface area (Å²) in [4.78, 5) is 4.11. The highest BCUT2D eigenvalue weighted by Crippen LogP contribution is 2.37. The summed E-state index contributed by atoms with van der Waals surface area (Å²) in [5.41, 5.74) is 1.56. The van der Waals surface area contributed by atoms with Gasteiger partial charge in [-0.25, -0.2) is 4.98 Å². The van der Waals surface area contributed by atoms with Gasteiger partial charge >= 0.3 is 0 Å². The van der Waals surface area contributed by atoms with Crippen LogP contribution in [0.5, 0.6) is 5.88 Å². The molecule has 0 radical (unpaired) electrons. The van der Waals surface area contributed by atoms with Crippen LogP contribution in [0, 0.1) is 5.92 Å². The van der Waals surface area contributed by atoms with Gasteiger partial charge in [0.25, 0.3) is 0 Å². The van der Waals surface area contributed by atoms with Crippen molar-refractivity contribution in [3.63, 3.8) is 0 Å². The molecular weight excluding hydrogens is 238 g/mol. The van der Waals surface area contributed by atoms with Crippen LogP contribution in [0.15, 0.2) is 30.3 Å². The number of aliphatic hydroxyl groups excluding tert-OH is 1. The van der Waals surface area contributed by atoms with E-state index in [1.165, 1.54) is 19.3 Å². The van der Waals surface area contributed by atoms with Crippen LogP contribution < -0.4 is 0 Å². The van der Waals surface area contributed by atoms with E-state index in [1.807, 2.05) is 24.3 Å². The van der Waals surface area contributed by atoms with Gasteiger partial charge in [0.1, 0.15) is 0 Å². The van der Waals surface area contributed by atoms with Gasteiger partial charge < -0.3 is 10.2 Å². The van der Waals surface area contributed by atoms with E-state index in [2.05, 4.69) is 4.98 Å². The number of hydrogen-bond acceptors (Lipinski definition) is 3. The molecule has 0 spiro atoms. The molecule has 3 nitrogen and oxygen atoms in total. The van der Waals surface area contributed by atoms with E-state index in [9.17, 15) is 10.2 Å². The highest BCUT2D eigenvalue weighted by Gasteiger charge is 2.25. The number of aromatic hydroxyl groups is 1. The van der Waals surface area contributed by atoms with Crippen molar-refractivity contribution in [2.45, 2.75) is 38.2 Å². The van der Waals surface area contributed by atoms with Crippen molar-refractivity contribution in [1.82, 2.24) is 4.98 Å². The van der Waals surface area contributed by atoms with E-state index < -0.39 is 6.10 Å². The summed E-state index contributed by atoms with van der Waals surface area (Å²) in [5.74, 6) is 0.294. The SMILES string of the molecule is Oc1cc(C(O)C2CCCCC2)c2ccccc2n1. The van der Waals surface area contributed by atoms with Crippen LogP contribution in [-0.2, 0) is 0 Å². The number of hydrogen-bond donors (Lipinski definition) is 2. The summed E-state index contributed by atoms with van der Waals surface area (Å²) in [7, 11) is 0. The Labute approximate surface area is 112 Å². The minimum Gasteiger partial charge on any atom is -0.493 e. The summed E-state index contributed by atoms with van der Waals surface area (Å²) in [5, 5.41) is 21.3. The number of fused-ring (bicyclic) bond motifs is 1. The molecule has 1 fully saturated rings. The average Bonchev–Trinajstić information content (AvgIpc) is 2.46. The van der Waals surface area contributed by atoms with Crippen molar-refractivity contribution in [1.29, 1.82) is 0 Å². The van der Waals surface area contributed by atoms with E-state index in [-0.39, 0.29) is 5.88 Å². The molecule has 0 saturated heterocycles.